The summed E-state index contributed by atoms with van der Waals surface area (Å²) in [6, 6.07) is 18.6. The molecule has 1 saturated carbocycles. The van der Waals surface area contributed by atoms with E-state index >= 15 is 0 Å². The Kier molecular flexibility index (Phi) is 11.2. The standard InChI is InChI=1S/C34H49N3O4/c1-34(2,3)41-33(39)36-21-18-29(19-22-36)37(20-11-23-40-30-17-10-16-28(24-30)32(35)38)25-31(26-12-6-4-7-13-26)27-14-8-5-9-15-27/h4,6-7,10,12-13,16-17,24,27,29,31H,5,8-9,11,14-15,18-23,25H2,1-3H3,(H2,35,38)/p+1. The van der Waals surface area contributed by atoms with Crippen molar-refractivity contribution in [2.75, 3.05) is 32.8 Å². The highest BCUT2D eigenvalue weighted by molar-refractivity contribution is 5.93. The summed E-state index contributed by atoms with van der Waals surface area (Å²) in [5, 5.41) is 0. The van der Waals surface area contributed by atoms with Crippen molar-refractivity contribution in [2.24, 2.45) is 11.7 Å². The van der Waals surface area contributed by atoms with Crippen LogP contribution in [0.2, 0.25) is 0 Å². The first-order valence-corrected chi connectivity index (χ1v) is 15.6. The molecule has 4 rings (SSSR count). The molecule has 1 unspecified atom stereocenters. The Morgan fingerprint density at radius 1 is 0.976 bits per heavy atom. The molecule has 7 nitrogen and oxygen atoms in total. The van der Waals surface area contributed by atoms with Crippen LogP contribution in [0.15, 0.2) is 54.6 Å². The second-order valence-corrected chi connectivity index (χ2v) is 12.8. The van der Waals surface area contributed by atoms with Gasteiger partial charge in [-0.05, 0) is 75.6 Å². The number of ether oxygens (including phenoxy) is 2. The molecule has 3 N–H and O–H groups in total. The average molecular weight is 565 g/mol. The maximum Gasteiger partial charge on any atom is 0.514 e. The average Bonchev–Trinajstić information content (AvgIpc) is 2.97. The normalized spacial score (nSPS) is 20.9. The molecule has 41 heavy (non-hydrogen) atoms. The Morgan fingerprint density at radius 3 is 2.34 bits per heavy atom. The monoisotopic (exact) mass is 564 g/mol. The number of carbonyl (C=O) groups is 2. The zero-order valence-electron chi connectivity index (χ0n) is 25.3. The molecule has 1 saturated heterocycles. The first-order valence-electron chi connectivity index (χ1n) is 15.6. The minimum Gasteiger partial charge on any atom is -0.494 e. The summed E-state index contributed by atoms with van der Waals surface area (Å²) in [6.45, 7) is 9.91. The Balaban J connectivity index is 1.44. The van der Waals surface area contributed by atoms with Gasteiger partial charge in [0.15, 0.2) is 0 Å². The fraction of sp³-hybridized carbons (Fsp3) is 0.588. The van der Waals surface area contributed by atoms with Crippen LogP contribution in [0.5, 0.6) is 5.75 Å². The van der Waals surface area contributed by atoms with Gasteiger partial charge in [0.2, 0.25) is 5.91 Å². The molecule has 0 aromatic heterocycles. The fourth-order valence-electron chi connectivity index (χ4n) is 6.51. The van der Waals surface area contributed by atoms with Crippen LogP contribution in [0.3, 0.4) is 0 Å². The van der Waals surface area contributed by atoms with E-state index in [0.29, 0.717) is 35.8 Å². The van der Waals surface area contributed by atoms with Crippen molar-refractivity contribution in [3.8, 4) is 5.75 Å². The molecule has 0 spiro atoms. The number of nitrogens with zero attached hydrogens (tertiary/aromatic N) is 1. The zero-order chi connectivity index (χ0) is 29.2. The topological polar surface area (TPSA) is 86.3 Å². The molecule has 224 valence electrons. The molecule has 1 atom stereocenters. The second-order valence-electron chi connectivity index (χ2n) is 12.8. The molecule has 2 amide bonds. The van der Waals surface area contributed by atoms with Gasteiger partial charge in [-0.1, -0.05) is 55.7 Å². The van der Waals surface area contributed by atoms with Gasteiger partial charge < -0.3 is 15.2 Å². The van der Waals surface area contributed by atoms with Gasteiger partial charge >= 0.3 is 6.09 Å². The molecular formula is C34H50N3O4+. The van der Waals surface area contributed by atoms with E-state index in [0.717, 1.165) is 50.3 Å². The third-order valence-electron chi connectivity index (χ3n) is 8.62. The molecule has 0 bridgehead atoms. The number of quaternary nitrogens is 1. The summed E-state index contributed by atoms with van der Waals surface area (Å²) < 4.78 is 11.7. The van der Waals surface area contributed by atoms with E-state index in [2.05, 4.69) is 35.2 Å². The fourth-order valence-corrected chi connectivity index (χ4v) is 6.51. The van der Waals surface area contributed by atoms with E-state index in [1.54, 1.807) is 18.2 Å². The number of primary amides is 1. The van der Waals surface area contributed by atoms with Gasteiger partial charge in [0.05, 0.1) is 19.7 Å². The zero-order valence-corrected chi connectivity index (χ0v) is 25.3. The minimum absolute atomic E-state index is 0.126. The van der Waals surface area contributed by atoms with E-state index in [4.69, 9.17) is 15.2 Å². The van der Waals surface area contributed by atoms with E-state index in [1.165, 1.54) is 37.7 Å². The summed E-state index contributed by atoms with van der Waals surface area (Å²) in [5.41, 5.74) is 6.88. The highest BCUT2D eigenvalue weighted by Gasteiger charge is 2.35. The largest absolute Gasteiger partial charge is 0.514 e. The second kappa shape index (κ2) is 14.8. The van der Waals surface area contributed by atoms with Crippen LogP contribution in [0.4, 0.5) is 4.79 Å². The Morgan fingerprint density at radius 2 is 1.68 bits per heavy atom. The van der Waals surface area contributed by atoms with Crippen molar-refractivity contribution in [3.05, 3.63) is 65.7 Å². The summed E-state index contributed by atoms with van der Waals surface area (Å²) in [4.78, 5) is 27.9. The SMILES string of the molecule is CC(C)(C)OC(=O)[NH+]1CCC(N(CCCOc2cccc(C(N)=O)c2)CC(c2ccccc2)C2CCCCC2)CC1. The van der Waals surface area contributed by atoms with Gasteiger partial charge in [-0.25, -0.2) is 4.90 Å². The van der Waals surface area contributed by atoms with Crippen LogP contribution >= 0.6 is 0 Å². The molecule has 0 radical (unpaired) electrons. The Bertz CT molecular complexity index is 1100. The molecule has 1 heterocycles. The number of alkyl carbamates (subject to hydrolysis) is 2. The number of hydrogen-bond donors (Lipinski definition) is 2. The smallest absolute Gasteiger partial charge is 0.494 e. The van der Waals surface area contributed by atoms with Gasteiger partial charge in [-0.3, -0.25) is 9.69 Å². The first-order chi connectivity index (χ1) is 19.7. The molecular weight excluding hydrogens is 514 g/mol. The van der Waals surface area contributed by atoms with Crippen LogP contribution < -0.4 is 15.4 Å². The number of benzene rings is 2. The van der Waals surface area contributed by atoms with Gasteiger partial charge in [-0.15, -0.1) is 0 Å². The van der Waals surface area contributed by atoms with Crippen LogP contribution in [0.1, 0.15) is 94.0 Å². The Hall–Kier alpha value is -2.90. The third-order valence-corrected chi connectivity index (χ3v) is 8.62. The third kappa shape index (κ3) is 9.57. The molecule has 2 aromatic carbocycles. The molecule has 1 aliphatic heterocycles. The lowest BCUT2D eigenvalue weighted by Crippen LogP contribution is -3.16. The maximum atomic E-state index is 12.8. The molecule has 2 aromatic rings. The van der Waals surface area contributed by atoms with Crippen molar-refractivity contribution < 1.29 is 24.0 Å². The van der Waals surface area contributed by atoms with Gasteiger partial charge in [0, 0.05) is 37.5 Å². The van der Waals surface area contributed by atoms with E-state index in [-0.39, 0.29) is 6.09 Å². The number of carbonyl (C=O) groups excluding carboxylic acids is 2. The van der Waals surface area contributed by atoms with Gasteiger partial charge in [-0.2, -0.15) is 4.79 Å². The number of hydrogen-bond acceptors (Lipinski definition) is 5. The van der Waals surface area contributed by atoms with E-state index < -0.39 is 11.5 Å². The number of nitrogens with one attached hydrogen (secondary N) is 1. The number of amides is 2. The molecule has 7 heteroatoms. The number of nitrogens with two attached hydrogens (primary N) is 1. The summed E-state index contributed by atoms with van der Waals surface area (Å²) in [5.74, 6) is 1.43. The minimum atomic E-state index is -0.465. The number of piperidine rings is 1. The van der Waals surface area contributed by atoms with E-state index in [1.807, 2.05) is 26.8 Å². The van der Waals surface area contributed by atoms with Crippen molar-refractivity contribution >= 4 is 12.0 Å². The van der Waals surface area contributed by atoms with E-state index in [9.17, 15) is 9.59 Å². The number of rotatable bonds is 11. The lowest BCUT2D eigenvalue weighted by Gasteiger charge is -2.40. The molecule has 1 aliphatic carbocycles. The Labute approximate surface area is 246 Å². The van der Waals surface area contributed by atoms with Crippen LogP contribution in [-0.4, -0.2) is 61.3 Å². The maximum absolute atomic E-state index is 12.8. The predicted molar refractivity (Wildman–Crippen MR) is 162 cm³/mol. The summed E-state index contributed by atoms with van der Waals surface area (Å²) >= 11 is 0. The summed E-state index contributed by atoms with van der Waals surface area (Å²) in [6.07, 6.45) is 9.30. The van der Waals surface area contributed by atoms with Crippen molar-refractivity contribution in [3.63, 3.8) is 0 Å². The quantitative estimate of drug-likeness (QED) is 0.366. The van der Waals surface area contributed by atoms with Crippen LogP contribution in [0, 0.1) is 5.92 Å². The summed E-state index contributed by atoms with van der Waals surface area (Å²) in [7, 11) is 0. The molecule has 2 fully saturated rings. The highest BCUT2D eigenvalue weighted by Crippen LogP contribution is 2.37. The first kappa shape index (κ1) is 31.0. The van der Waals surface area contributed by atoms with Crippen LogP contribution in [0.25, 0.3) is 0 Å². The molecule has 2 aliphatic rings. The predicted octanol–water partition coefficient (Wildman–Crippen LogP) is 5.20. The number of likely N-dealkylation sites (tertiary alicyclic amines) is 1. The van der Waals surface area contributed by atoms with Crippen molar-refractivity contribution in [1.82, 2.24) is 4.90 Å². The lowest BCUT2D eigenvalue weighted by atomic mass is 9.76. The lowest BCUT2D eigenvalue weighted by molar-refractivity contribution is -0.831. The van der Waals surface area contributed by atoms with Gasteiger partial charge in [0.25, 0.3) is 0 Å². The van der Waals surface area contributed by atoms with Crippen molar-refractivity contribution in [2.45, 2.75) is 89.7 Å². The highest BCUT2D eigenvalue weighted by atomic mass is 16.6. The van der Waals surface area contributed by atoms with Gasteiger partial charge in [0.1, 0.15) is 11.4 Å². The van der Waals surface area contributed by atoms with Crippen LogP contribution in [-0.2, 0) is 4.74 Å². The van der Waals surface area contributed by atoms with Crippen molar-refractivity contribution in [1.29, 1.82) is 0 Å².